The van der Waals surface area contributed by atoms with E-state index in [1.54, 1.807) is 6.07 Å². The van der Waals surface area contributed by atoms with Crippen LogP contribution in [0.25, 0.3) is 0 Å². The summed E-state index contributed by atoms with van der Waals surface area (Å²) < 4.78 is 40.4. The maximum Gasteiger partial charge on any atom is 0.418 e. The Kier molecular flexibility index (Phi) is 5.20. The van der Waals surface area contributed by atoms with Gasteiger partial charge in [-0.3, -0.25) is 0 Å². The number of hydrogen-bond acceptors (Lipinski definition) is 2. The van der Waals surface area contributed by atoms with E-state index in [9.17, 15) is 13.2 Å². The van der Waals surface area contributed by atoms with E-state index in [-0.39, 0.29) is 17.8 Å². The van der Waals surface area contributed by atoms with Crippen molar-refractivity contribution in [3.05, 3.63) is 28.2 Å². The number of nitrogens with two attached hydrogens (primary N) is 1. The topological polar surface area (TPSA) is 29.3 Å². The summed E-state index contributed by atoms with van der Waals surface area (Å²) in [7, 11) is 0. The van der Waals surface area contributed by atoms with E-state index in [1.165, 1.54) is 6.07 Å². The first kappa shape index (κ1) is 16.6. The molecule has 1 aliphatic carbocycles. The molecule has 0 unspecified atom stereocenters. The van der Waals surface area contributed by atoms with Crippen LogP contribution in [0.15, 0.2) is 22.7 Å². The molecule has 0 heterocycles. The Morgan fingerprint density at radius 2 is 1.86 bits per heavy atom. The molecule has 0 aromatic heterocycles. The highest BCUT2D eigenvalue weighted by Gasteiger charge is 2.36. The first-order valence-corrected chi connectivity index (χ1v) is 8.01. The molecule has 1 aromatic carbocycles. The Labute approximate surface area is 131 Å². The molecule has 0 amide bonds. The first-order valence-electron chi connectivity index (χ1n) is 7.22. The molecule has 6 heteroatoms. The van der Waals surface area contributed by atoms with Crippen LogP contribution < -0.4 is 10.6 Å². The predicted molar refractivity (Wildman–Crippen MR) is 82.4 cm³/mol. The zero-order chi connectivity index (χ0) is 15.6. The summed E-state index contributed by atoms with van der Waals surface area (Å²) in [4.78, 5) is 1.87. The third-order valence-corrected chi connectivity index (χ3v) is 4.59. The zero-order valence-corrected chi connectivity index (χ0v) is 13.5. The van der Waals surface area contributed by atoms with Crippen LogP contribution in [-0.4, -0.2) is 18.6 Å². The van der Waals surface area contributed by atoms with Crippen LogP contribution in [0.2, 0.25) is 0 Å². The van der Waals surface area contributed by atoms with Gasteiger partial charge in [0.2, 0.25) is 0 Å². The molecule has 0 spiro atoms. The summed E-state index contributed by atoms with van der Waals surface area (Å²) in [6, 6.07) is 4.48. The monoisotopic (exact) mass is 364 g/mol. The molecular weight excluding hydrogens is 345 g/mol. The lowest BCUT2D eigenvalue weighted by Gasteiger charge is -2.38. The van der Waals surface area contributed by atoms with Gasteiger partial charge in [0.15, 0.2) is 0 Å². The maximum atomic E-state index is 13.2. The van der Waals surface area contributed by atoms with Crippen molar-refractivity contribution in [1.82, 2.24) is 0 Å². The molecule has 0 bridgehead atoms. The van der Waals surface area contributed by atoms with E-state index >= 15 is 0 Å². The van der Waals surface area contributed by atoms with Crippen LogP contribution >= 0.6 is 15.9 Å². The molecule has 2 rings (SSSR count). The molecule has 118 valence electrons. The van der Waals surface area contributed by atoms with E-state index in [1.807, 2.05) is 11.8 Å². The molecule has 1 fully saturated rings. The Hall–Kier alpha value is -0.750. The van der Waals surface area contributed by atoms with Crippen LogP contribution in [0.1, 0.15) is 38.2 Å². The minimum absolute atomic E-state index is 0.130. The number of alkyl halides is 3. The minimum atomic E-state index is -4.34. The fraction of sp³-hybridized carbons (Fsp3) is 0.600. The van der Waals surface area contributed by atoms with Crippen molar-refractivity contribution in [1.29, 1.82) is 0 Å². The zero-order valence-electron chi connectivity index (χ0n) is 12.0. The van der Waals surface area contributed by atoms with E-state index < -0.39 is 11.7 Å². The summed E-state index contributed by atoms with van der Waals surface area (Å²) in [6.45, 7) is 2.45. The normalized spacial score (nSPS) is 23.1. The second-order valence-electron chi connectivity index (χ2n) is 5.51. The highest BCUT2D eigenvalue weighted by molar-refractivity contribution is 9.10. The largest absolute Gasteiger partial charge is 0.418 e. The molecule has 1 aliphatic rings. The van der Waals surface area contributed by atoms with Crippen LogP contribution in [0.3, 0.4) is 0 Å². The van der Waals surface area contributed by atoms with Crippen molar-refractivity contribution in [3.8, 4) is 0 Å². The van der Waals surface area contributed by atoms with E-state index in [0.717, 1.165) is 31.7 Å². The van der Waals surface area contributed by atoms with Gasteiger partial charge in [-0.2, -0.15) is 13.2 Å². The highest BCUT2D eigenvalue weighted by Crippen LogP contribution is 2.40. The SMILES string of the molecule is CCN(c1cc(Br)ccc1C(F)(F)F)C1CCC(N)CC1. The molecule has 2 N–H and O–H groups in total. The molecule has 0 saturated heterocycles. The van der Waals surface area contributed by atoms with Crippen LogP contribution in [0, 0.1) is 0 Å². The summed E-state index contributed by atoms with van der Waals surface area (Å²) in [5.74, 6) is 0. The van der Waals surface area contributed by atoms with Gasteiger partial charge < -0.3 is 10.6 Å². The van der Waals surface area contributed by atoms with Gasteiger partial charge in [-0.05, 0) is 50.8 Å². The third-order valence-electron chi connectivity index (χ3n) is 4.10. The lowest BCUT2D eigenvalue weighted by Crippen LogP contribution is -2.41. The van der Waals surface area contributed by atoms with Gasteiger partial charge in [0.05, 0.1) is 11.3 Å². The fourth-order valence-electron chi connectivity index (χ4n) is 3.02. The molecule has 0 radical (unpaired) electrons. The molecule has 21 heavy (non-hydrogen) atoms. The maximum absolute atomic E-state index is 13.2. The number of rotatable bonds is 3. The molecular formula is C15H20BrF3N2. The van der Waals surface area contributed by atoms with Crippen molar-refractivity contribution in [2.24, 2.45) is 5.73 Å². The fourth-order valence-corrected chi connectivity index (χ4v) is 3.37. The van der Waals surface area contributed by atoms with Gasteiger partial charge in [0, 0.05) is 23.1 Å². The van der Waals surface area contributed by atoms with E-state index in [0.29, 0.717) is 11.0 Å². The standard InChI is InChI=1S/C15H20BrF3N2/c1-2-21(12-6-4-11(20)5-7-12)14-9-10(16)3-8-13(14)15(17,18)19/h3,8-9,11-12H,2,4-7,20H2,1H3. The molecule has 1 saturated carbocycles. The number of hydrogen-bond donors (Lipinski definition) is 1. The quantitative estimate of drug-likeness (QED) is 0.851. The predicted octanol–water partition coefficient (Wildman–Crippen LogP) is 4.56. The van der Waals surface area contributed by atoms with Gasteiger partial charge in [-0.15, -0.1) is 0 Å². The Morgan fingerprint density at radius 1 is 1.24 bits per heavy atom. The second-order valence-corrected chi connectivity index (χ2v) is 6.43. The lowest BCUT2D eigenvalue weighted by molar-refractivity contribution is -0.137. The smallest absolute Gasteiger partial charge is 0.368 e. The van der Waals surface area contributed by atoms with Crippen molar-refractivity contribution in [2.45, 2.75) is 50.9 Å². The Morgan fingerprint density at radius 3 is 2.38 bits per heavy atom. The number of benzene rings is 1. The second kappa shape index (κ2) is 6.57. The van der Waals surface area contributed by atoms with E-state index in [2.05, 4.69) is 15.9 Å². The van der Waals surface area contributed by atoms with Gasteiger partial charge in [0.25, 0.3) is 0 Å². The van der Waals surface area contributed by atoms with Crippen molar-refractivity contribution in [3.63, 3.8) is 0 Å². The average molecular weight is 365 g/mol. The van der Waals surface area contributed by atoms with Gasteiger partial charge in [-0.1, -0.05) is 15.9 Å². The third kappa shape index (κ3) is 3.92. The molecule has 0 atom stereocenters. The summed E-state index contributed by atoms with van der Waals surface area (Å²) in [5.41, 5.74) is 5.59. The summed E-state index contributed by atoms with van der Waals surface area (Å²) >= 11 is 3.28. The number of anilines is 1. The highest BCUT2D eigenvalue weighted by atomic mass is 79.9. The number of halogens is 4. The summed E-state index contributed by atoms with van der Waals surface area (Å²) in [6.07, 6.45) is -0.904. The van der Waals surface area contributed by atoms with Gasteiger partial charge in [0.1, 0.15) is 0 Å². The van der Waals surface area contributed by atoms with Crippen molar-refractivity contribution in [2.75, 3.05) is 11.4 Å². The first-order chi connectivity index (χ1) is 9.82. The average Bonchev–Trinajstić information content (AvgIpc) is 2.40. The Balaban J connectivity index is 2.35. The lowest BCUT2D eigenvalue weighted by atomic mass is 9.90. The summed E-state index contributed by atoms with van der Waals surface area (Å²) in [5, 5.41) is 0. The number of nitrogens with zero attached hydrogens (tertiary/aromatic N) is 1. The molecule has 0 aliphatic heterocycles. The Bertz CT molecular complexity index is 482. The van der Waals surface area contributed by atoms with E-state index in [4.69, 9.17) is 5.73 Å². The van der Waals surface area contributed by atoms with Crippen LogP contribution in [0.5, 0.6) is 0 Å². The van der Waals surface area contributed by atoms with Crippen molar-refractivity contribution < 1.29 is 13.2 Å². The van der Waals surface area contributed by atoms with Crippen LogP contribution in [-0.2, 0) is 6.18 Å². The van der Waals surface area contributed by atoms with Gasteiger partial charge in [-0.25, -0.2) is 0 Å². The minimum Gasteiger partial charge on any atom is -0.368 e. The molecule has 1 aromatic rings. The van der Waals surface area contributed by atoms with Gasteiger partial charge >= 0.3 is 6.18 Å². The van der Waals surface area contributed by atoms with Crippen molar-refractivity contribution >= 4 is 21.6 Å². The van der Waals surface area contributed by atoms with Crippen LogP contribution in [0.4, 0.5) is 18.9 Å². The molecule has 2 nitrogen and oxygen atoms in total.